The monoisotopic (exact) mass is 671 g/mol. The Labute approximate surface area is 271 Å². The molecule has 0 aliphatic heterocycles. The SMILES string of the molecule is COc1ccc(Cn2cc(C(=C/C(=N\O)C(F)F)/N=C/SCCC(OCc3ccc(F)cc3F)c3ccccc3)ccc2=O)cc1F. The van der Waals surface area contributed by atoms with Gasteiger partial charge >= 0.3 is 0 Å². The lowest BCUT2D eigenvalue weighted by molar-refractivity contribution is 0.0364. The molecule has 13 heteroatoms. The molecule has 1 atom stereocenters. The summed E-state index contributed by atoms with van der Waals surface area (Å²) >= 11 is 1.24. The summed E-state index contributed by atoms with van der Waals surface area (Å²) in [5, 5.41) is 11.8. The highest BCUT2D eigenvalue weighted by atomic mass is 32.2. The molecule has 3 aromatic carbocycles. The second-order valence-electron chi connectivity index (χ2n) is 10.0. The van der Waals surface area contributed by atoms with E-state index in [4.69, 9.17) is 14.7 Å². The van der Waals surface area contributed by atoms with E-state index in [0.717, 1.165) is 23.8 Å². The lowest BCUT2D eigenvalue weighted by atomic mass is 10.1. The van der Waals surface area contributed by atoms with Crippen molar-refractivity contribution >= 4 is 28.7 Å². The first kappa shape index (κ1) is 35.1. The zero-order chi connectivity index (χ0) is 33.8. The number of aromatic nitrogens is 1. The molecule has 4 aromatic rings. The molecule has 7 nitrogen and oxygen atoms in total. The Morgan fingerprint density at radius 1 is 1.00 bits per heavy atom. The molecule has 0 saturated carbocycles. The summed E-state index contributed by atoms with van der Waals surface area (Å²) in [7, 11) is 1.33. The van der Waals surface area contributed by atoms with Crippen molar-refractivity contribution in [2.24, 2.45) is 10.1 Å². The molecular formula is C34H30F5N3O4S. The standard InChI is InChI=1S/C34H30F5N3O4S/c1-45-32-11-7-22(15-28(32)37)18-42-19-24(9-12-33(42)43)29(17-30(41-44)34(38)39)40-21-47-14-13-31(23-5-3-2-4-6-23)46-20-25-8-10-26(35)16-27(25)36/h2-12,15-17,19,21,31,34,44H,13-14,18,20H2,1H3/b29-17-,40-21+,41-30+. The number of thioether (sulfide) groups is 1. The maximum atomic E-state index is 14.2. The van der Waals surface area contributed by atoms with Gasteiger partial charge in [0, 0.05) is 35.2 Å². The third-order valence-electron chi connectivity index (χ3n) is 6.86. The second-order valence-corrected chi connectivity index (χ2v) is 11.0. The average Bonchev–Trinajstić information content (AvgIpc) is 3.06. The van der Waals surface area contributed by atoms with Crippen molar-refractivity contribution < 1.29 is 36.6 Å². The smallest absolute Gasteiger partial charge is 0.283 e. The number of oxime groups is 1. The van der Waals surface area contributed by atoms with Crippen LogP contribution in [0.4, 0.5) is 22.0 Å². The molecule has 0 radical (unpaired) electrons. The van der Waals surface area contributed by atoms with E-state index in [1.807, 2.05) is 30.3 Å². The van der Waals surface area contributed by atoms with Gasteiger partial charge in [0.2, 0.25) is 0 Å². The van der Waals surface area contributed by atoms with Crippen LogP contribution in [0.3, 0.4) is 0 Å². The lowest BCUT2D eigenvalue weighted by Gasteiger charge is -2.18. The normalized spacial score (nSPS) is 13.0. The van der Waals surface area contributed by atoms with Crippen LogP contribution < -0.4 is 10.3 Å². The fraction of sp³-hybridized carbons (Fsp3) is 0.206. The van der Waals surface area contributed by atoms with Gasteiger partial charge in [0.05, 0.1) is 37.6 Å². The minimum atomic E-state index is -3.11. The number of halogens is 5. The van der Waals surface area contributed by atoms with Gasteiger partial charge in [0.15, 0.2) is 11.6 Å². The molecule has 0 spiro atoms. The fourth-order valence-electron chi connectivity index (χ4n) is 4.45. The highest BCUT2D eigenvalue weighted by Gasteiger charge is 2.16. The van der Waals surface area contributed by atoms with Crippen LogP contribution >= 0.6 is 11.8 Å². The predicted octanol–water partition coefficient (Wildman–Crippen LogP) is 7.87. The van der Waals surface area contributed by atoms with Crippen molar-refractivity contribution in [3.05, 3.63) is 141 Å². The maximum absolute atomic E-state index is 14.2. The maximum Gasteiger partial charge on any atom is 0.283 e. The number of benzene rings is 3. The number of methoxy groups -OCH3 is 1. The van der Waals surface area contributed by atoms with Crippen LogP contribution in [-0.4, -0.2) is 40.3 Å². The molecule has 1 aromatic heterocycles. The van der Waals surface area contributed by atoms with Crippen LogP contribution in [0.2, 0.25) is 0 Å². The van der Waals surface area contributed by atoms with Crippen LogP contribution in [0.25, 0.3) is 5.70 Å². The molecule has 246 valence electrons. The van der Waals surface area contributed by atoms with Crippen molar-refractivity contribution in [2.75, 3.05) is 12.9 Å². The summed E-state index contributed by atoms with van der Waals surface area (Å²) in [5.41, 5.74) is 1.77. The van der Waals surface area contributed by atoms with Gasteiger partial charge in [0.1, 0.15) is 17.3 Å². The highest BCUT2D eigenvalue weighted by Crippen LogP contribution is 2.26. The molecule has 0 aliphatic rings. The van der Waals surface area contributed by atoms with Crippen molar-refractivity contribution in [2.45, 2.75) is 32.1 Å². The molecular weight excluding hydrogens is 641 g/mol. The van der Waals surface area contributed by atoms with Gasteiger partial charge in [-0.3, -0.25) is 4.79 Å². The van der Waals surface area contributed by atoms with E-state index in [9.17, 15) is 26.7 Å². The summed E-state index contributed by atoms with van der Waals surface area (Å²) in [4.78, 5) is 16.9. The zero-order valence-electron chi connectivity index (χ0n) is 25.0. The molecule has 0 aliphatic carbocycles. The number of ether oxygens (including phenoxy) is 2. The molecule has 1 N–H and O–H groups in total. The molecule has 4 rings (SSSR count). The third-order valence-corrected chi connectivity index (χ3v) is 7.59. The average molecular weight is 672 g/mol. The Hall–Kier alpha value is -4.75. The zero-order valence-corrected chi connectivity index (χ0v) is 25.8. The number of alkyl halides is 2. The Kier molecular flexibility index (Phi) is 12.9. The van der Waals surface area contributed by atoms with Crippen molar-refractivity contribution in [1.29, 1.82) is 0 Å². The first-order chi connectivity index (χ1) is 22.7. The Bertz CT molecular complexity index is 1800. The van der Waals surface area contributed by atoms with E-state index in [2.05, 4.69) is 10.1 Å². The molecule has 1 unspecified atom stereocenters. The number of allylic oxidation sites excluding steroid dienone is 1. The van der Waals surface area contributed by atoms with Crippen LogP contribution in [0.15, 0.2) is 106 Å². The van der Waals surface area contributed by atoms with Crippen LogP contribution in [0.1, 0.15) is 34.8 Å². The molecule has 0 fully saturated rings. The molecule has 0 saturated heterocycles. The summed E-state index contributed by atoms with van der Waals surface area (Å²) < 4.78 is 80.9. The molecule has 0 amide bonds. The second kappa shape index (κ2) is 17.2. The third kappa shape index (κ3) is 10.1. The van der Waals surface area contributed by atoms with Gasteiger partial charge in [-0.15, -0.1) is 11.8 Å². The first-order valence-electron chi connectivity index (χ1n) is 14.2. The van der Waals surface area contributed by atoms with Crippen molar-refractivity contribution in [3.63, 3.8) is 0 Å². The van der Waals surface area contributed by atoms with E-state index in [1.54, 1.807) is 6.07 Å². The van der Waals surface area contributed by atoms with Gasteiger partial charge in [-0.1, -0.05) is 47.6 Å². The van der Waals surface area contributed by atoms with Crippen LogP contribution in [0.5, 0.6) is 5.75 Å². The van der Waals surface area contributed by atoms with E-state index in [-0.39, 0.29) is 35.7 Å². The van der Waals surface area contributed by atoms with Crippen molar-refractivity contribution in [3.8, 4) is 5.75 Å². The van der Waals surface area contributed by atoms with Gasteiger partial charge < -0.3 is 19.2 Å². The highest BCUT2D eigenvalue weighted by molar-refractivity contribution is 8.12. The summed E-state index contributed by atoms with van der Waals surface area (Å²) in [6.45, 7) is -0.120. The summed E-state index contributed by atoms with van der Waals surface area (Å²) in [5.74, 6) is -1.53. The van der Waals surface area contributed by atoms with Crippen LogP contribution in [0, 0.1) is 17.5 Å². The quantitative estimate of drug-likeness (QED) is 0.0347. The van der Waals surface area contributed by atoms with E-state index in [1.165, 1.54) is 65.5 Å². The predicted molar refractivity (Wildman–Crippen MR) is 172 cm³/mol. The van der Waals surface area contributed by atoms with Gasteiger partial charge in [0.25, 0.3) is 12.0 Å². The number of hydrogen-bond donors (Lipinski definition) is 1. The van der Waals surface area contributed by atoms with Gasteiger partial charge in [-0.25, -0.2) is 26.9 Å². The molecule has 1 heterocycles. The van der Waals surface area contributed by atoms with E-state index >= 15 is 0 Å². The number of hydrogen-bond acceptors (Lipinski definition) is 7. The molecule has 47 heavy (non-hydrogen) atoms. The minimum Gasteiger partial charge on any atom is -0.494 e. The summed E-state index contributed by atoms with van der Waals surface area (Å²) in [6.07, 6.45) is -0.832. The number of rotatable bonds is 15. The Morgan fingerprint density at radius 2 is 1.79 bits per heavy atom. The fourth-order valence-corrected chi connectivity index (χ4v) is 5.09. The topological polar surface area (TPSA) is 85.4 Å². The van der Waals surface area contributed by atoms with Crippen molar-refractivity contribution in [1.82, 2.24) is 4.57 Å². The number of aliphatic imine (C=N–C) groups is 1. The van der Waals surface area contributed by atoms with Gasteiger partial charge in [-0.05, 0) is 47.9 Å². The summed E-state index contributed by atoms with van der Waals surface area (Å²) in [6, 6.07) is 19.3. The molecule has 0 bridgehead atoms. The van der Waals surface area contributed by atoms with E-state index < -0.39 is 41.3 Å². The van der Waals surface area contributed by atoms with Crippen LogP contribution in [-0.2, 0) is 17.9 Å². The largest absolute Gasteiger partial charge is 0.494 e. The van der Waals surface area contributed by atoms with Gasteiger partial charge in [-0.2, -0.15) is 0 Å². The Balaban J connectivity index is 1.50. The van der Waals surface area contributed by atoms with E-state index in [0.29, 0.717) is 17.7 Å². The number of pyridine rings is 1. The lowest BCUT2D eigenvalue weighted by Crippen LogP contribution is -2.19. The number of nitrogens with zero attached hydrogens (tertiary/aromatic N) is 3. The minimum absolute atomic E-state index is 0.0251. The Morgan fingerprint density at radius 3 is 2.47 bits per heavy atom. The first-order valence-corrected chi connectivity index (χ1v) is 15.2.